The molecule has 0 atom stereocenters. The molecule has 0 bridgehead atoms. The van der Waals surface area contributed by atoms with Gasteiger partial charge >= 0.3 is 0 Å². The minimum atomic E-state index is -3.17. The maximum absolute atomic E-state index is 14.6. The number of anilines is 1. The van der Waals surface area contributed by atoms with Gasteiger partial charge in [0.25, 0.3) is 0 Å². The predicted molar refractivity (Wildman–Crippen MR) is 125 cm³/mol. The molecule has 3 aromatic rings. The SMILES string of the molecule is Cc1cnc(NC2CCN(S(C)(=O)=O)CC2)nc1-c1cn(-c2cccc(Br)c2F)c(C)n1. The Labute approximate surface area is 195 Å². The van der Waals surface area contributed by atoms with Gasteiger partial charge in [0, 0.05) is 31.5 Å². The second-order valence-corrected chi connectivity index (χ2v) is 10.8. The van der Waals surface area contributed by atoms with Crippen LogP contribution in [-0.4, -0.2) is 57.6 Å². The summed E-state index contributed by atoms with van der Waals surface area (Å²) in [6.45, 7) is 4.65. The highest BCUT2D eigenvalue weighted by Crippen LogP contribution is 2.27. The fraction of sp³-hybridized carbons (Fsp3) is 0.381. The van der Waals surface area contributed by atoms with Crippen molar-refractivity contribution in [2.45, 2.75) is 32.7 Å². The number of nitrogens with one attached hydrogen (secondary N) is 1. The van der Waals surface area contributed by atoms with Crippen LogP contribution in [0.4, 0.5) is 10.3 Å². The number of nitrogens with zero attached hydrogens (tertiary/aromatic N) is 5. The third-order valence-corrected chi connectivity index (χ3v) is 7.46. The number of hydrogen-bond acceptors (Lipinski definition) is 6. The summed E-state index contributed by atoms with van der Waals surface area (Å²) >= 11 is 3.23. The summed E-state index contributed by atoms with van der Waals surface area (Å²) in [6.07, 6.45) is 6.08. The molecule has 0 radical (unpaired) electrons. The molecule has 1 saturated heterocycles. The van der Waals surface area contributed by atoms with Gasteiger partial charge in [0.05, 0.1) is 22.1 Å². The normalized spacial score (nSPS) is 15.8. The van der Waals surface area contributed by atoms with Crippen LogP contribution in [0.5, 0.6) is 0 Å². The monoisotopic (exact) mass is 522 g/mol. The lowest BCUT2D eigenvalue weighted by atomic mass is 10.1. The first kappa shape index (κ1) is 22.8. The van der Waals surface area contributed by atoms with Gasteiger partial charge in [0.15, 0.2) is 5.82 Å². The third-order valence-electron chi connectivity index (χ3n) is 5.54. The Morgan fingerprint density at radius 2 is 1.91 bits per heavy atom. The van der Waals surface area contributed by atoms with Gasteiger partial charge in [0.1, 0.15) is 11.5 Å². The zero-order valence-corrected chi connectivity index (χ0v) is 20.4. The van der Waals surface area contributed by atoms with Crippen LogP contribution in [0.15, 0.2) is 35.1 Å². The Morgan fingerprint density at radius 3 is 2.59 bits per heavy atom. The summed E-state index contributed by atoms with van der Waals surface area (Å²) in [5.74, 6) is 0.740. The molecule has 1 aromatic carbocycles. The zero-order valence-electron chi connectivity index (χ0n) is 18.0. The van der Waals surface area contributed by atoms with Crippen LogP contribution in [0.1, 0.15) is 24.2 Å². The average molecular weight is 523 g/mol. The topological polar surface area (TPSA) is 93.0 Å². The van der Waals surface area contributed by atoms with E-state index < -0.39 is 10.0 Å². The molecule has 0 saturated carbocycles. The highest BCUT2D eigenvalue weighted by molar-refractivity contribution is 9.10. The summed E-state index contributed by atoms with van der Waals surface area (Å²) in [5, 5.41) is 3.32. The van der Waals surface area contributed by atoms with Gasteiger partial charge in [-0.15, -0.1) is 0 Å². The molecule has 0 aliphatic carbocycles. The summed E-state index contributed by atoms with van der Waals surface area (Å²) in [5.41, 5.74) is 2.53. The number of imidazole rings is 1. The second kappa shape index (κ2) is 8.87. The molecule has 0 spiro atoms. The Kier molecular flexibility index (Phi) is 6.33. The van der Waals surface area contributed by atoms with Gasteiger partial charge in [0.2, 0.25) is 16.0 Å². The summed E-state index contributed by atoms with van der Waals surface area (Å²) in [7, 11) is -3.17. The number of aromatic nitrogens is 4. The van der Waals surface area contributed by atoms with Crippen LogP contribution in [0.2, 0.25) is 0 Å². The quantitative estimate of drug-likeness (QED) is 0.549. The van der Waals surface area contributed by atoms with Crippen LogP contribution in [0.25, 0.3) is 17.1 Å². The molecule has 11 heteroatoms. The van der Waals surface area contributed by atoms with Crippen molar-refractivity contribution < 1.29 is 12.8 Å². The first-order valence-electron chi connectivity index (χ1n) is 10.2. The number of sulfonamides is 1. The zero-order chi connectivity index (χ0) is 23.0. The number of halogens is 2. The van der Waals surface area contributed by atoms with E-state index in [9.17, 15) is 12.8 Å². The lowest BCUT2D eigenvalue weighted by Crippen LogP contribution is -2.42. The molecule has 170 valence electrons. The fourth-order valence-electron chi connectivity index (χ4n) is 3.79. The smallest absolute Gasteiger partial charge is 0.223 e. The Hall–Kier alpha value is -2.37. The van der Waals surface area contributed by atoms with Gasteiger partial charge in [-0.05, 0) is 60.3 Å². The first-order chi connectivity index (χ1) is 15.1. The third kappa shape index (κ3) is 4.69. The first-order valence-corrected chi connectivity index (χ1v) is 12.8. The summed E-state index contributed by atoms with van der Waals surface area (Å²) < 4.78 is 41.6. The molecule has 32 heavy (non-hydrogen) atoms. The molecule has 1 fully saturated rings. The second-order valence-electron chi connectivity index (χ2n) is 7.92. The van der Waals surface area contributed by atoms with E-state index in [4.69, 9.17) is 0 Å². The van der Waals surface area contributed by atoms with Gasteiger partial charge in [-0.1, -0.05) is 6.07 Å². The van der Waals surface area contributed by atoms with E-state index in [0.29, 0.717) is 59.3 Å². The highest BCUT2D eigenvalue weighted by Gasteiger charge is 2.25. The van der Waals surface area contributed by atoms with E-state index in [1.807, 2.05) is 13.8 Å². The standard InChI is InChI=1S/C21H24BrFN6O2S/c1-13-11-24-21(26-15-7-9-28(10-8-15)32(3,30)31)27-20(13)17-12-29(14(2)25-17)18-6-4-5-16(22)19(18)23/h4-6,11-12,15H,7-10H2,1-3H3,(H,24,26,27). The molecule has 8 nitrogen and oxygen atoms in total. The summed E-state index contributed by atoms with van der Waals surface area (Å²) in [4.78, 5) is 13.6. The van der Waals surface area contributed by atoms with Crippen LogP contribution in [-0.2, 0) is 10.0 Å². The Bertz CT molecular complexity index is 1260. The number of benzene rings is 1. The van der Waals surface area contributed by atoms with Crippen molar-refractivity contribution in [3.8, 4) is 17.1 Å². The highest BCUT2D eigenvalue weighted by atomic mass is 79.9. The minimum absolute atomic E-state index is 0.0821. The van der Waals surface area contributed by atoms with Crippen LogP contribution < -0.4 is 5.32 Å². The van der Waals surface area contributed by atoms with Gasteiger partial charge < -0.3 is 9.88 Å². The van der Waals surface area contributed by atoms with E-state index in [1.165, 1.54) is 10.6 Å². The molecule has 2 aromatic heterocycles. The van der Waals surface area contributed by atoms with Crippen molar-refractivity contribution >= 4 is 31.9 Å². The van der Waals surface area contributed by atoms with Crippen LogP contribution >= 0.6 is 15.9 Å². The van der Waals surface area contributed by atoms with Crippen molar-refractivity contribution in [3.63, 3.8) is 0 Å². The molecule has 1 aliphatic rings. The molecule has 1 N–H and O–H groups in total. The largest absolute Gasteiger partial charge is 0.351 e. The minimum Gasteiger partial charge on any atom is -0.351 e. The average Bonchev–Trinajstić information content (AvgIpc) is 3.12. The molecule has 0 unspecified atom stereocenters. The predicted octanol–water partition coefficient (Wildman–Crippen LogP) is 3.68. The van der Waals surface area contributed by atoms with E-state index in [0.717, 1.165) is 5.56 Å². The van der Waals surface area contributed by atoms with Gasteiger partial charge in [-0.2, -0.15) is 0 Å². The maximum Gasteiger partial charge on any atom is 0.223 e. The van der Waals surface area contributed by atoms with E-state index in [2.05, 4.69) is 36.2 Å². The Balaban J connectivity index is 1.57. The lowest BCUT2D eigenvalue weighted by Gasteiger charge is -2.30. The van der Waals surface area contributed by atoms with Crippen molar-refractivity contribution in [2.24, 2.45) is 0 Å². The number of hydrogen-bond donors (Lipinski definition) is 1. The van der Waals surface area contributed by atoms with Crippen molar-refractivity contribution in [2.75, 3.05) is 24.7 Å². The summed E-state index contributed by atoms with van der Waals surface area (Å²) in [6, 6.07) is 5.20. The van der Waals surface area contributed by atoms with E-state index in [1.54, 1.807) is 35.2 Å². The molecule has 4 rings (SSSR count). The molecule has 0 amide bonds. The van der Waals surface area contributed by atoms with Crippen LogP contribution in [0, 0.1) is 19.7 Å². The molecular weight excluding hydrogens is 499 g/mol. The van der Waals surface area contributed by atoms with E-state index in [-0.39, 0.29) is 11.9 Å². The Morgan fingerprint density at radius 1 is 1.19 bits per heavy atom. The van der Waals surface area contributed by atoms with Gasteiger partial charge in [-0.25, -0.2) is 32.1 Å². The maximum atomic E-state index is 14.6. The van der Waals surface area contributed by atoms with Crippen molar-refractivity contribution in [3.05, 3.63) is 52.3 Å². The van der Waals surface area contributed by atoms with Gasteiger partial charge in [-0.3, -0.25) is 0 Å². The fourth-order valence-corrected chi connectivity index (χ4v) is 5.02. The molecular formula is C21H24BrFN6O2S. The molecule has 3 heterocycles. The van der Waals surface area contributed by atoms with Crippen molar-refractivity contribution in [1.29, 1.82) is 0 Å². The lowest BCUT2D eigenvalue weighted by molar-refractivity contribution is 0.331. The van der Waals surface area contributed by atoms with E-state index >= 15 is 0 Å². The van der Waals surface area contributed by atoms with Crippen LogP contribution in [0.3, 0.4) is 0 Å². The number of piperidine rings is 1. The van der Waals surface area contributed by atoms with Crippen molar-refractivity contribution in [1.82, 2.24) is 23.8 Å². The number of aryl methyl sites for hydroxylation is 2. The number of rotatable bonds is 5. The molecule has 1 aliphatic heterocycles.